The fourth-order valence-electron chi connectivity index (χ4n) is 2.37. The number of carboxylic acid groups (broad SMARTS) is 1. The molecule has 7 nitrogen and oxygen atoms in total. The number of carbonyl (C=O) groups is 2. The second-order valence-corrected chi connectivity index (χ2v) is 5.07. The summed E-state index contributed by atoms with van der Waals surface area (Å²) in [6.45, 7) is 0.0131. The maximum Gasteiger partial charge on any atom is 0.405 e. The van der Waals surface area contributed by atoms with Gasteiger partial charge in [-0.25, -0.2) is 4.79 Å². The molecular formula is C14H18N2O5. The summed E-state index contributed by atoms with van der Waals surface area (Å²) in [6, 6.07) is 8.11. The molecule has 0 bridgehead atoms. The van der Waals surface area contributed by atoms with Crippen molar-refractivity contribution in [3.8, 4) is 0 Å². The molecule has 0 radical (unpaired) electrons. The minimum absolute atomic E-state index is 0.00654. The fraction of sp³-hybridized carbons (Fsp3) is 0.429. The van der Waals surface area contributed by atoms with E-state index in [-0.39, 0.29) is 19.5 Å². The number of hydrogen-bond donors (Lipinski definition) is 4. The molecule has 114 valence electrons. The molecule has 1 heterocycles. The van der Waals surface area contributed by atoms with E-state index in [0.29, 0.717) is 0 Å². The molecule has 1 fully saturated rings. The largest absolute Gasteiger partial charge is 0.465 e. The van der Waals surface area contributed by atoms with Gasteiger partial charge >= 0.3 is 6.09 Å². The van der Waals surface area contributed by atoms with Crippen LogP contribution in [0.3, 0.4) is 0 Å². The van der Waals surface area contributed by atoms with E-state index < -0.39 is 30.3 Å². The van der Waals surface area contributed by atoms with Gasteiger partial charge in [0.15, 0.2) is 0 Å². The molecule has 4 N–H and O–H groups in total. The zero-order chi connectivity index (χ0) is 15.4. The first-order valence-corrected chi connectivity index (χ1v) is 6.65. The molecule has 1 aromatic carbocycles. The third-order valence-corrected chi connectivity index (χ3v) is 3.45. The molecule has 1 saturated heterocycles. The predicted octanol–water partition coefficient (Wildman–Crippen LogP) is -0.571. The van der Waals surface area contributed by atoms with Crippen LogP contribution in [0.2, 0.25) is 0 Å². The van der Waals surface area contributed by atoms with Gasteiger partial charge in [-0.3, -0.25) is 4.79 Å². The van der Waals surface area contributed by atoms with E-state index in [1.165, 1.54) is 4.90 Å². The molecule has 2 amide bonds. The predicted molar refractivity (Wildman–Crippen MR) is 73.7 cm³/mol. The van der Waals surface area contributed by atoms with E-state index in [9.17, 15) is 19.8 Å². The van der Waals surface area contributed by atoms with Gasteiger partial charge in [0.25, 0.3) is 0 Å². The summed E-state index contributed by atoms with van der Waals surface area (Å²) in [5.41, 5.74) is 0.824. The zero-order valence-electron chi connectivity index (χ0n) is 11.3. The Kier molecular flexibility index (Phi) is 4.77. The Morgan fingerprint density at radius 2 is 1.76 bits per heavy atom. The first-order chi connectivity index (χ1) is 9.97. The van der Waals surface area contributed by atoms with Gasteiger partial charge in [-0.15, -0.1) is 0 Å². The summed E-state index contributed by atoms with van der Waals surface area (Å²) in [7, 11) is 0. The molecular weight excluding hydrogens is 276 g/mol. The molecule has 1 aliphatic heterocycles. The minimum atomic E-state index is -1.29. The van der Waals surface area contributed by atoms with Crippen molar-refractivity contribution in [2.45, 2.75) is 24.7 Å². The Morgan fingerprint density at radius 3 is 2.29 bits per heavy atom. The number of β-amino-alcohol motifs (C(OH)–C–C–N with tert-alkyl or cyclic N) is 2. The smallest absolute Gasteiger partial charge is 0.405 e. The van der Waals surface area contributed by atoms with Crippen LogP contribution in [0.25, 0.3) is 0 Å². The number of aliphatic hydroxyl groups is 2. The van der Waals surface area contributed by atoms with Gasteiger partial charge in [0.2, 0.25) is 5.91 Å². The van der Waals surface area contributed by atoms with Crippen molar-refractivity contribution < 1.29 is 24.9 Å². The molecule has 21 heavy (non-hydrogen) atoms. The summed E-state index contributed by atoms with van der Waals surface area (Å²) >= 11 is 0. The van der Waals surface area contributed by atoms with Gasteiger partial charge in [0.05, 0.1) is 12.2 Å². The van der Waals surface area contributed by atoms with Gasteiger partial charge in [-0.05, 0) is 5.56 Å². The summed E-state index contributed by atoms with van der Waals surface area (Å²) in [6.07, 6.45) is -3.05. The standard InChI is InChI=1S/C14H18N2O5/c17-11-7-16(8-12(11)18)13(19)10(15-14(20)21)6-9-4-2-1-3-5-9/h1-5,10-12,15,17-18H,6-8H2,(H,20,21)/t10?,11-,12+. The summed E-state index contributed by atoms with van der Waals surface area (Å²) in [4.78, 5) is 24.5. The maximum atomic E-state index is 12.4. The van der Waals surface area contributed by atoms with E-state index in [2.05, 4.69) is 5.32 Å². The molecule has 0 spiro atoms. The first kappa shape index (κ1) is 15.3. The van der Waals surface area contributed by atoms with Crippen molar-refractivity contribution in [1.29, 1.82) is 0 Å². The Hall–Kier alpha value is -2.12. The Balaban J connectivity index is 2.08. The molecule has 7 heteroatoms. The lowest BCUT2D eigenvalue weighted by atomic mass is 10.1. The lowest BCUT2D eigenvalue weighted by molar-refractivity contribution is -0.132. The van der Waals surface area contributed by atoms with Crippen LogP contribution in [-0.2, 0) is 11.2 Å². The second-order valence-electron chi connectivity index (χ2n) is 5.07. The van der Waals surface area contributed by atoms with E-state index >= 15 is 0 Å². The molecule has 1 aliphatic rings. The van der Waals surface area contributed by atoms with Crippen LogP contribution in [0.5, 0.6) is 0 Å². The number of nitrogens with one attached hydrogen (secondary N) is 1. The normalized spacial score (nSPS) is 22.9. The van der Waals surface area contributed by atoms with Gasteiger partial charge in [-0.1, -0.05) is 30.3 Å². The Bertz CT molecular complexity index is 497. The van der Waals surface area contributed by atoms with Crippen LogP contribution in [0.1, 0.15) is 5.56 Å². The average Bonchev–Trinajstić information content (AvgIpc) is 2.78. The SMILES string of the molecule is O=C(O)NC(Cc1ccccc1)C(=O)N1C[C@@H](O)[C@@H](O)C1. The highest BCUT2D eigenvalue weighted by atomic mass is 16.4. The van der Waals surface area contributed by atoms with E-state index in [1.54, 1.807) is 24.3 Å². The van der Waals surface area contributed by atoms with Crippen LogP contribution in [0, 0.1) is 0 Å². The van der Waals surface area contributed by atoms with E-state index in [4.69, 9.17) is 5.11 Å². The van der Waals surface area contributed by atoms with Crippen molar-refractivity contribution in [2.24, 2.45) is 0 Å². The number of rotatable bonds is 4. The molecule has 0 aromatic heterocycles. The molecule has 3 atom stereocenters. The average molecular weight is 294 g/mol. The lowest BCUT2D eigenvalue weighted by Gasteiger charge is -2.23. The highest BCUT2D eigenvalue weighted by Crippen LogP contribution is 2.13. The monoisotopic (exact) mass is 294 g/mol. The van der Waals surface area contributed by atoms with Gasteiger partial charge < -0.3 is 25.5 Å². The van der Waals surface area contributed by atoms with Crippen LogP contribution in [0.4, 0.5) is 4.79 Å². The third kappa shape index (κ3) is 3.93. The number of hydrogen-bond acceptors (Lipinski definition) is 4. The molecule has 2 rings (SSSR count). The van der Waals surface area contributed by atoms with Gasteiger partial charge in [0, 0.05) is 19.5 Å². The highest BCUT2D eigenvalue weighted by molar-refractivity contribution is 5.86. The molecule has 1 aromatic rings. The highest BCUT2D eigenvalue weighted by Gasteiger charge is 2.36. The summed E-state index contributed by atoms with van der Waals surface area (Å²) in [5, 5.41) is 30.1. The first-order valence-electron chi connectivity index (χ1n) is 6.65. The number of benzene rings is 1. The van der Waals surface area contributed by atoms with Crippen LogP contribution < -0.4 is 5.32 Å². The number of aliphatic hydroxyl groups excluding tert-OH is 2. The van der Waals surface area contributed by atoms with Crippen LogP contribution in [-0.4, -0.2) is 63.6 Å². The lowest BCUT2D eigenvalue weighted by Crippen LogP contribution is -2.49. The van der Waals surface area contributed by atoms with E-state index in [1.807, 2.05) is 6.07 Å². The summed E-state index contributed by atoms with van der Waals surface area (Å²) in [5.74, 6) is -0.447. The molecule has 0 aliphatic carbocycles. The quantitative estimate of drug-likeness (QED) is 0.594. The van der Waals surface area contributed by atoms with E-state index in [0.717, 1.165) is 5.56 Å². The van der Waals surface area contributed by atoms with Gasteiger partial charge in [-0.2, -0.15) is 0 Å². The third-order valence-electron chi connectivity index (χ3n) is 3.45. The Labute approximate surface area is 121 Å². The number of nitrogens with zero attached hydrogens (tertiary/aromatic N) is 1. The summed E-state index contributed by atoms with van der Waals surface area (Å²) < 4.78 is 0. The second kappa shape index (κ2) is 6.55. The minimum Gasteiger partial charge on any atom is -0.465 e. The van der Waals surface area contributed by atoms with Crippen molar-refractivity contribution in [3.63, 3.8) is 0 Å². The number of likely N-dealkylation sites (tertiary alicyclic amines) is 1. The van der Waals surface area contributed by atoms with Crippen molar-refractivity contribution >= 4 is 12.0 Å². The maximum absolute atomic E-state index is 12.4. The van der Waals surface area contributed by atoms with Crippen molar-refractivity contribution in [2.75, 3.05) is 13.1 Å². The van der Waals surface area contributed by atoms with Crippen molar-refractivity contribution in [3.05, 3.63) is 35.9 Å². The molecule has 1 unspecified atom stereocenters. The van der Waals surface area contributed by atoms with Crippen molar-refractivity contribution in [1.82, 2.24) is 10.2 Å². The number of carbonyl (C=O) groups excluding carboxylic acids is 1. The van der Waals surface area contributed by atoms with Crippen LogP contribution >= 0.6 is 0 Å². The van der Waals surface area contributed by atoms with Gasteiger partial charge in [0.1, 0.15) is 6.04 Å². The number of amides is 2. The Morgan fingerprint density at radius 1 is 1.19 bits per heavy atom. The molecule has 0 saturated carbocycles. The van der Waals surface area contributed by atoms with Crippen LogP contribution in [0.15, 0.2) is 30.3 Å². The fourth-order valence-corrected chi connectivity index (χ4v) is 2.37. The zero-order valence-corrected chi connectivity index (χ0v) is 11.3. The topological polar surface area (TPSA) is 110 Å².